The van der Waals surface area contributed by atoms with E-state index in [0.717, 1.165) is 12.8 Å². The normalized spacial score (nSPS) is 23.4. The van der Waals surface area contributed by atoms with Crippen LogP contribution in [0.2, 0.25) is 0 Å². The molecule has 142 valence electrons. The third-order valence-electron chi connectivity index (χ3n) is 5.74. The number of carbonyl (C=O) groups excluding carboxylic acids is 1. The molecule has 6 nitrogen and oxygen atoms in total. The van der Waals surface area contributed by atoms with Gasteiger partial charge in [-0.25, -0.2) is 9.37 Å². The Bertz CT molecular complexity index is 913. The van der Waals surface area contributed by atoms with Crippen molar-refractivity contribution in [2.45, 2.75) is 30.8 Å². The molecule has 2 atom stereocenters. The molecule has 1 aromatic heterocycles. The van der Waals surface area contributed by atoms with Crippen LogP contribution in [0, 0.1) is 11.7 Å². The van der Waals surface area contributed by atoms with E-state index < -0.39 is 16.9 Å². The molecule has 0 saturated heterocycles. The van der Waals surface area contributed by atoms with Gasteiger partial charge in [-0.3, -0.25) is 4.79 Å². The van der Waals surface area contributed by atoms with E-state index in [-0.39, 0.29) is 24.9 Å². The monoisotopic (exact) mass is 371 g/mol. The van der Waals surface area contributed by atoms with Gasteiger partial charge in [0.25, 0.3) is 0 Å². The summed E-state index contributed by atoms with van der Waals surface area (Å²) in [4.78, 5) is 16.8. The highest BCUT2D eigenvalue weighted by molar-refractivity contribution is 5.90. The zero-order valence-electron chi connectivity index (χ0n) is 15.0. The Morgan fingerprint density at radius 3 is 2.63 bits per heavy atom. The van der Waals surface area contributed by atoms with E-state index in [0.29, 0.717) is 28.3 Å². The second-order valence-corrected chi connectivity index (χ2v) is 7.63. The van der Waals surface area contributed by atoms with Crippen LogP contribution in [0.25, 0.3) is 11.3 Å². The van der Waals surface area contributed by atoms with Gasteiger partial charge in [0.15, 0.2) is 0 Å². The molecule has 1 aliphatic carbocycles. The summed E-state index contributed by atoms with van der Waals surface area (Å²) in [5, 5.41) is 11.2. The Kier molecular flexibility index (Phi) is 3.98. The Morgan fingerprint density at radius 1 is 1.41 bits per heavy atom. The average molecular weight is 371 g/mol. The zero-order valence-corrected chi connectivity index (χ0v) is 15.0. The molecule has 2 aromatic rings. The van der Waals surface area contributed by atoms with E-state index in [1.54, 1.807) is 25.1 Å². The van der Waals surface area contributed by atoms with Crippen LogP contribution in [0.3, 0.4) is 0 Å². The number of benzene rings is 1. The summed E-state index contributed by atoms with van der Waals surface area (Å²) in [6.07, 6.45) is 1.73. The number of fused-ring (bicyclic) bond motifs is 1. The van der Waals surface area contributed by atoms with Gasteiger partial charge in [0.2, 0.25) is 5.91 Å². The van der Waals surface area contributed by atoms with Crippen LogP contribution < -0.4 is 16.2 Å². The van der Waals surface area contributed by atoms with Crippen molar-refractivity contribution < 1.29 is 19.0 Å². The highest BCUT2D eigenvalue weighted by atomic mass is 19.1. The smallest absolute Gasteiger partial charge is 0.231 e. The van der Waals surface area contributed by atoms with E-state index >= 15 is 0 Å². The fraction of sp³-hybridized carbons (Fsp3) is 0.400. The Hall–Kier alpha value is -2.51. The minimum absolute atomic E-state index is 0.0143. The largest absolute Gasteiger partial charge is 0.489 e. The van der Waals surface area contributed by atoms with Crippen LogP contribution in [0.15, 0.2) is 30.3 Å². The highest BCUT2D eigenvalue weighted by Crippen LogP contribution is 2.49. The summed E-state index contributed by atoms with van der Waals surface area (Å²) in [6.45, 7) is 1.81. The molecule has 1 aromatic carbocycles. The number of nitrogens with zero attached hydrogens (tertiary/aromatic N) is 1. The number of rotatable bonds is 5. The molecule has 7 heteroatoms. The number of pyridine rings is 1. The molecule has 1 saturated carbocycles. The van der Waals surface area contributed by atoms with Crippen molar-refractivity contribution in [1.82, 2.24) is 4.98 Å². The lowest BCUT2D eigenvalue weighted by atomic mass is 9.81. The van der Waals surface area contributed by atoms with Gasteiger partial charge in [-0.2, -0.15) is 0 Å². The molecule has 0 bridgehead atoms. The lowest BCUT2D eigenvalue weighted by Gasteiger charge is -2.28. The molecular weight excluding hydrogens is 349 g/mol. The van der Waals surface area contributed by atoms with Crippen LogP contribution in [0.5, 0.6) is 5.75 Å². The number of aromatic nitrogens is 1. The number of carbonyl (C=O) groups is 1. The molecule has 1 aliphatic heterocycles. The second kappa shape index (κ2) is 6.00. The molecule has 0 radical (unpaired) electrons. The fourth-order valence-corrected chi connectivity index (χ4v) is 3.65. The van der Waals surface area contributed by atoms with Crippen LogP contribution in [0.4, 0.5) is 4.39 Å². The molecule has 4 rings (SSSR count). The summed E-state index contributed by atoms with van der Waals surface area (Å²) >= 11 is 0. The summed E-state index contributed by atoms with van der Waals surface area (Å²) in [5.74, 6) is -0.435. The van der Waals surface area contributed by atoms with Gasteiger partial charge in [0.05, 0.1) is 5.69 Å². The van der Waals surface area contributed by atoms with Crippen LogP contribution in [-0.4, -0.2) is 29.1 Å². The van der Waals surface area contributed by atoms with Crippen molar-refractivity contribution >= 4 is 5.91 Å². The third-order valence-corrected chi connectivity index (χ3v) is 5.74. The predicted octanol–water partition coefficient (Wildman–Crippen LogP) is 1.58. The van der Waals surface area contributed by atoms with E-state index in [2.05, 4.69) is 4.98 Å². The SMILES string of the molecule is C[C@]1(C(N)=O)COc2c1cc([C@@](O)(CN)C1CC1)nc2-c1ccc(F)cc1. The predicted molar refractivity (Wildman–Crippen MR) is 97.3 cm³/mol. The quantitative estimate of drug-likeness (QED) is 0.739. The van der Waals surface area contributed by atoms with Crippen molar-refractivity contribution in [3.8, 4) is 17.0 Å². The zero-order chi connectivity index (χ0) is 19.4. The molecule has 5 N–H and O–H groups in total. The number of ether oxygens (including phenoxy) is 1. The number of hydrogen-bond acceptors (Lipinski definition) is 5. The number of amides is 1. The number of aliphatic hydroxyl groups is 1. The van der Waals surface area contributed by atoms with Gasteiger partial charge in [0, 0.05) is 17.7 Å². The Morgan fingerprint density at radius 2 is 2.07 bits per heavy atom. The van der Waals surface area contributed by atoms with Crippen molar-refractivity contribution in [2.75, 3.05) is 13.2 Å². The first kappa shape index (κ1) is 17.9. The van der Waals surface area contributed by atoms with Crippen molar-refractivity contribution in [1.29, 1.82) is 0 Å². The molecule has 2 heterocycles. The highest BCUT2D eigenvalue weighted by Gasteiger charge is 2.49. The standard InChI is InChI=1S/C20H22FN3O3/c1-19(18(23)25)10-27-17-14(19)8-15(20(26,9-22)12-4-5-12)24-16(17)11-2-6-13(21)7-3-11/h2-3,6-8,12,26H,4-5,9-10,22H2,1H3,(H2,23,25)/t19-,20+/m0/s1. The first-order valence-corrected chi connectivity index (χ1v) is 8.96. The lowest BCUT2D eigenvalue weighted by molar-refractivity contribution is -0.123. The van der Waals surface area contributed by atoms with Gasteiger partial charge in [-0.05, 0) is 56.0 Å². The Balaban J connectivity index is 1.96. The number of halogens is 1. The maximum Gasteiger partial charge on any atom is 0.231 e. The Labute approximate surface area is 156 Å². The van der Waals surface area contributed by atoms with E-state index in [1.807, 2.05) is 0 Å². The maximum atomic E-state index is 13.4. The van der Waals surface area contributed by atoms with Crippen molar-refractivity contribution in [2.24, 2.45) is 17.4 Å². The fourth-order valence-electron chi connectivity index (χ4n) is 3.65. The summed E-state index contributed by atoms with van der Waals surface area (Å²) in [5.41, 5.74) is 11.3. The average Bonchev–Trinajstić information content (AvgIpc) is 3.46. The number of hydrogen-bond donors (Lipinski definition) is 3. The third kappa shape index (κ3) is 2.69. The minimum Gasteiger partial charge on any atom is -0.489 e. The molecule has 1 fully saturated rings. The summed E-state index contributed by atoms with van der Waals surface area (Å²) < 4.78 is 19.2. The van der Waals surface area contributed by atoms with E-state index in [9.17, 15) is 14.3 Å². The van der Waals surface area contributed by atoms with Crippen molar-refractivity contribution in [3.63, 3.8) is 0 Å². The molecule has 0 spiro atoms. The van der Waals surface area contributed by atoms with E-state index in [4.69, 9.17) is 16.2 Å². The van der Waals surface area contributed by atoms with Crippen LogP contribution >= 0.6 is 0 Å². The first-order valence-electron chi connectivity index (χ1n) is 8.96. The van der Waals surface area contributed by atoms with E-state index in [1.165, 1.54) is 12.1 Å². The second-order valence-electron chi connectivity index (χ2n) is 7.63. The van der Waals surface area contributed by atoms with Gasteiger partial charge < -0.3 is 21.3 Å². The maximum absolute atomic E-state index is 13.4. The number of primary amides is 1. The molecule has 2 aliphatic rings. The molecule has 27 heavy (non-hydrogen) atoms. The van der Waals surface area contributed by atoms with Gasteiger partial charge in [-0.1, -0.05) is 0 Å². The topological polar surface area (TPSA) is 111 Å². The van der Waals surface area contributed by atoms with Gasteiger partial charge in [-0.15, -0.1) is 0 Å². The lowest BCUT2D eigenvalue weighted by Crippen LogP contribution is -2.41. The number of nitrogens with two attached hydrogens (primary N) is 2. The molecule has 0 unspecified atom stereocenters. The molecular formula is C20H22FN3O3. The minimum atomic E-state index is -1.29. The van der Waals surface area contributed by atoms with Crippen LogP contribution in [0.1, 0.15) is 31.0 Å². The summed E-state index contributed by atoms with van der Waals surface area (Å²) in [6, 6.07) is 7.52. The first-order chi connectivity index (χ1) is 12.8. The van der Waals surface area contributed by atoms with Gasteiger partial charge in [0.1, 0.15) is 34.9 Å². The van der Waals surface area contributed by atoms with Gasteiger partial charge >= 0.3 is 0 Å². The molecule has 1 amide bonds. The summed E-state index contributed by atoms with van der Waals surface area (Å²) in [7, 11) is 0. The van der Waals surface area contributed by atoms with Crippen molar-refractivity contribution in [3.05, 3.63) is 47.4 Å². The van der Waals surface area contributed by atoms with Crippen LogP contribution in [-0.2, 0) is 15.8 Å².